The molecule has 0 amide bonds. The van der Waals surface area contributed by atoms with E-state index in [9.17, 15) is 4.79 Å². The van der Waals surface area contributed by atoms with Crippen LogP contribution in [-0.2, 0) is 6.54 Å². The van der Waals surface area contributed by atoms with Crippen LogP contribution in [0.4, 0.5) is 0 Å². The summed E-state index contributed by atoms with van der Waals surface area (Å²) in [5.74, 6) is 0.851. The lowest BCUT2D eigenvalue weighted by atomic mass is 9.95. The summed E-state index contributed by atoms with van der Waals surface area (Å²) in [7, 11) is 1.67. The summed E-state index contributed by atoms with van der Waals surface area (Å²) in [6, 6.07) is 6.17. The van der Waals surface area contributed by atoms with E-state index < -0.39 is 0 Å². The minimum Gasteiger partial charge on any atom is -0.496 e. The van der Waals surface area contributed by atoms with E-state index in [0.717, 1.165) is 24.1 Å². The van der Waals surface area contributed by atoms with Crippen LogP contribution in [0, 0.1) is 0 Å². The number of aldehydes is 1. The summed E-state index contributed by atoms with van der Waals surface area (Å²) in [5.41, 5.74) is 1.77. The van der Waals surface area contributed by atoms with Gasteiger partial charge >= 0.3 is 0 Å². The normalized spacial score (nSPS) is 16.5. The van der Waals surface area contributed by atoms with Crippen molar-refractivity contribution >= 4 is 6.29 Å². The SMILES string of the molecule is COc1ccc(C=O)cc1CNC1CCCCC1. The largest absolute Gasteiger partial charge is 0.496 e. The first-order valence-corrected chi connectivity index (χ1v) is 6.69. The molecule has 0 bridgehead atoms. The molecule has 1 N–H and O–H groups in total. The van der Waals surface area contributed by atoms with Crippen LogP contribution in [0.2, 0.25) is 0 Å². The first-order chi connectivity index (χ1) is 8.83. The van der Waals surface area contributed by atoms with Gasteiger partial charge in [-0.05, 0) is 31.0 Å². The van der Waals surface area contributed by atoms with Crippen LogP contribution in [0.1, 0.15) is 48.0 Å². The third kappa shape index (κ3) is 3.33. The molecule has 2 rings (SSSR count). The van der Waals surface area contributed by atoms with Crippen molar-refractivity contribution < 1.29 is 9.53 Å². The number of rotatable bonds is 5. The zero-order valence-corrected chi connectivity index (χ0v) is 10.9. The highest BCUT2D eigenvalue weighted by molar-refractivity contribution is 5.75. The molecule has 0 aromatic heterocycles. The predicted molar refractivity (Wildman–Crippen MR) is 72.1 cm³/mol. The summed E-state index contributed by atoms with van der Waals surface area (Å²) in [5, 5.41) is 3.57. The van der Waals surface area contributed by atoms with Crippen molar-refractivity contribution in [2.75, 3.05) is 7.11 Å². The molecule has 18 heavy (non-hydrogen) atoms. The minimum atomic E-state index is 0.614. The summed E-state index contributed by atoms with van der Waals surface area (Å²) >= 11 is 0. The second-order valence-electron chi connectivity index (χ2n) is 4.90. The van der Waals surface area contributed by atoms with Crippen LogP contribution in [0.25, 0.3) is 0 Å². The monoisotopic (exact) mass is 247 g/mol. The predicted octanol–water partition coefficient (Wildman–Crippen LogP) is 2.93. The van der Waals surface area contributed by atoms with E-state index in [1.54, 1.807) is 13.2 Å². The highest BCUT2D eigenvalue weighted by Gasteiger charge is 2.13. The Balaban J connectivity index is 1.99. The molecule has 0 aliphatic heterocycles. The van der Waals surface area contributed by atoms with Crippen LogP contribution >= 0.6 is 0 Å². The molecule has 1 fully saturated rings. The maximum absolute atomic E-state index is 10.8. The van der Waals surface area contributed by atoms with Gasteiger partial charge in [0, 0.05) is 23.7 Å². The molecule has 1 saturated carbocycles. The van der Waals surface area contributed by atoms with E-state index in [4.69, 9.17) is 4.74 Å². The van der Waals surface area contributed by atoms with E-state index >= 15 is 0 Å². The Kier molecular flexibility index (Phi) is 4.76. The van der Waals surface area contributed by atoms with Crippen molar-refractivity contribution in [1.29, 1.82) is 0 Å². The molecule has 0 spiro atoms. The molecule has 3 nitrogen and oxygen atoms in total. The fraction of sp³-hybridized carbons (Fsp3) is 0.533. The number of carbonyl (C=O) groups is 1. The van der Waals surface area contributed by atoms with Crippen molar-refractivity contribution in [2.24, 2.45) is 0 Å². The van der Waals surface area contributed by atoms with E-state index in [-0.39, 0.29) is 0 Å². The maximum atomic E-state index is 10.8. The van der Waals surface area contributed by atoms with Crippen molar-refractivity contribution in [3.63, 3.8) is 0 Å². The number of carbonyl (C=O) groups excluding carboxylic acids is 1. The number of nitrogens with one attached hydrogen (secondary N) is 1. The van der Waals surface area contributed by atoms with Crippen molar-refractivity contribution in [2.45, 2.75) is 44.7 Å². The molecule has 1 aliphatic carbocycles. The number of benzene rings is 1. The molecule has 1 aromatic rings. The van der Waals surface area contributed by atoms with Gasteiger partial charge in [-0.2, -0.15) is 0 Å². The first kappa shape index (κ1) is 13.1. The second kappa shape index (κ2) is 6.55. The fourth-order valence-corrected chi connectivity index (χ4v) is 2.57. The van der Waals surface area contributed by atoms with Crippen LogP contribution in [0.15, 0.2) is 18.2 Å². The summed E-state index contributed by atoms with van der Waals surface area (Å²) in [6.45, 7) is 0.773. The van der Waals surface area contributed by atoms with Gasteiger partial charge in [-0.1, -0.05) is 19.3 Å². The Labute approximate surface area is 109 Å². The Bertz CT molecular complexity index is 397. The molecule has 0 heterocycles. The highest BCUT2D eigenvalue weighted by atomic mass is 16.5. The van der Waals surface area contributed by atoms with Gasteiger partial charge < -0.3 is 10.1 Å². The Morgan fingerprint density at radius 3 is 2.78 bits per heavy atom. The van der Waals surface area contributed by atoms with Gasteiger partial charge in [0.1, 0.15) is 12.0 Å². The number of hydrogen-bond acceptors (Lipinski definition) is 3. The second-order valence-corrected chi connectivity index (χ2v) is 4.90. The molecule has 0 radical (unpaired) electrons. The third-order valence-electron chi connectivity index (χ3n) is 3.63. The number of methoxy groups -OCH3 is 1. The summed E-state index contributed by atoms with van der Waals surface area (Å²) in [4.78, 5) is 10.8. The van der Waals surface area contributed by atoms with Gasteiger partial charge in [-0.25, -0.2) is 0 Å². The van der Waals surface area contributed by atoms with Crippen LogP contribution in [0.5, 0.6) is 5.75 Å². The van der Waals surface area contributed by atoms with Crippen molar-refractivity contribution in [3.8, 4) is 5.75 Å². The van der Waals surface area contributed by atoms with Crippen LogP contribution in [0.3, 0.4) is 0 Å². The van der Waals surface area contributed by atoms with Crippen LogP contribution in [-0.4, -0.2) is 19.4 Å². The zero-order chi connectivity index (χ0) is 12.8. The average molecular weight is 247 g/mol. The lowest BCUT2D eigenvalue weighted by Gasteiger charge is -2.23. The summed E-state index contributed by atoms with van der Waals surface area (Å²) < 4.78 is 5.33. The molecule has 0 atom stereocenters. The smallest absolute Gasteiger partial charge is 0.150 e. The number of ether oxygens (including phenoxy) is 1. The highest BCUT2D eigenvalue weighted by Crippen LogP contribution is 2.21. The third-order valence-corrected chi connectivity index (χ3v) is 3.63. The van der Waals surface area contributed by atoms with Crippen molar-refractivity contribution in [1.82, 2.24) is 5.32 Å². The minimum absolute atomic E-state index is 0.614. The van der Waals surface area contributed by atoms with Crippen LogP contribution < -0.4 is 10.1 Å². The molecule has 98 valence electrons. The molecule has 0 saturated heterocycles. The molecular formula is C15H21NO2. The average Bonchev–Trinajstić information content (AvgIpc) is 2.45. The van der Waals surface area contributed by atoms with E-state index in [0.29, 0.717) is 11.6 Å². The van der Waals surface area contributed by atoms with Gasteiger partial charge in [-0.3, -0.25) is 4.79 Å². The lowest BCUT2D eigenvalue weighted by Crippen LogP contribution is -2.30. The lowest BCUT2D eigenvalue weighted by molar-refractivity contribution is 0.112. The molecule has 3 heteroatoms. The Morgan fingerprint density at radius 1 is 1.33 bits per heavy atom. The van der Waals surface area contributed by atoms with Gasteiger partial charge in [0.05, 0.1) is 7.11 Å². The zero-order valence-electron chi connectivity index (χ0n) is 10.9. The molecule has 0 unspecified atom stereocenters. The van der Waals surface area contributed by atoms with Crippen molar-refractivity contribution in [3.05, 3.63) is 29.3 Å². The van der Waals surface area contributed by atoms with Gasteiger partial charge in [-0.15, -0.1) is 0 Å². The van der Waals surface area contributed by atoms with Gasteiger partial charge in [0.25, 0.3) is 0 Å². The van der Waals surface area contributed by atoms with E-state index in [2.05, 4.69) is 5.32 Å². The first-order valence-electron chi connectivity index (χ1n) is 6.69. The standard InChI is InChI=1S/C15H21NO2/c1-18-15-8-7-12(11-17)9-13(15)10-16-14-5-3-2-4-6-14/h7-9,11,14,16H,2-6,10H2,1H3. The molecule has 1 aliphatic rings. The van der Waals surface area contributed by atoms with E-state index in [1.807, 2.05) is 12.1 Å². The quantitative estimate of drug-likeness (QED) is 0.813. The topological polar surface area (TPSA) is 38.3 Å². The maximum Gasteiger partial charge on any atom is 0.150 e. The summed E-state index contributed by atoms with van der Waals surface area (Å²) in [6.07, 6.45) is 7.41. The molecule has 1 aromatic carbocycles. The van der Waals surface area contributed by atoms with E-state index in [1.165, 1.54) is 32.1 Å². The Hall–Kier alpha value is -1.35. The Morgan fingerprint density at radius 2 is 2.11 bits per heavy atom. The fourth-order valence-electron chi connectivity index (χ4n) is 2.57. The molecular weight excluding hydrogens is 226 g/mol. The number of hydrogen-bond donors (Lipinski definition) is 1. The van der Waals surface area contributed by atoms with Gasteiger partial charge in [0.2, 0.25) is 0 Å². The van der Waals surface area contributed by atoms with Gasteiger partial charge in [0.15, 0.2) is 0 Å².